The van der Waals surface area contributed by atoms with Crippen LogP contribution in [0.5, 0.6) is 0 Å². The average Bonchev–Trinajstić information content (AvgIpc) is 2.68. The lowest BCUT2D eigenvalue weighted by atomic mass is 10.3. The highest BCUT2D eigenvalue weighted by Crippen LogP contribution is 2.21. The number of furan rings is 1. The van der Waals surface area contributed by atoms with Gasteiger partial charge in [0.05, 0.1) is 21.7 Å². The molecular weight excluding hydrogens is 322 g/mol. The molecule has 1 amide bonds. The Morgan fingerprint density at radius 3 is 2.83 bits per heavy atom. The van der Waals surface area contributed by atoms with Gasteiger partial charge in [0.2, 0.25) is 5.76 Å². The van der Waals surface area contributed by atoms with Crippen LogP contribution in [0.1, 0.15) is 23.9 Å². The van der Waals surface area contributed by atoms with Gasteiger partial charge >= 0.3 is 0 Å². The first kappa shape index (κ1) is 13.6. The van der Waals surface area contributed by atoms with Crippen molar-refractivity contribution in [2.24, 2.45) is 0 Å². The van der Waals surface area contributed by atoms with Gasteiger partial charge in [-0.05, 0) is 35.3 Å². The van der Waals surface area contributed by atoms with Crippen molar-refractivity contribution in [2.45, 2.75) is 18.6 Å². The molecule has 1 aromatic heterocycles. The van der Waals surface area contributed by atoms with Gasteiger partial charge in [-0.2, -0.15) is 0 Å². The van der Waals surface area contributed by atoms with E-state index in [0.29, 0.717) is 17.4 Å². The van der Waals surface area contributed by atoms with Gasteiger partial charge in [0.1, 0.15) is 0 Å². The molecule has 100 valence electrons. The van der Waals surface area contributed by atoms with E-state index < -0.39 is 15.1 Å². The smallest absolute Gasteiger partial charge is 0.290 e. The molecule has 1 aliphatic heterocycles. The van der Waals surface area contributed by atoms with Gasteiger partial charge in [-0.1, -0.05) is 0 Å². The van der Waals surface area contributed by atoms with Crippen molar-refractivity contribution >= 4 is 31.7 Å². The van der Waals surface area contributed by atoms with Crippen LogP contribution in [0.15, 0.2) is 21.2 Å². The first-order valence-corrected chi connectivity index (χ1v) is 8.16. The standard InChI is InChI=1S/C11H14BrNO4S/c1-8-2-4-13(5-7-18(8,15)16)11(14)10-9(12)3-6-17-10/h3,6,8H,2,4-5,7H2,1H3/t8-/m1/s1. The second-order valence-electron chi connectivity index (χ2n) is 4.36. The molecule has 2 rings (SSSR count). The van der Waals surface area contributed by atoms with Gasteiger partial charge in [0, 0.05) is 13.1 Å². The summed E-state index contributed by atoms with van der Waals surface area (Å²) in [4.78, 5) is 13.7. The van der Waals surface area contributed by atoms with E-state index in [4.69, 9.17) is 4.42 Å². The summed E-state index contributed by atoms with van der Waals surface area (Å²) in [7, 11) is -3.08. The van der Waals surface area contributed by atoms with Gasteiger partial charge < -0.3 is 9.32 Å². The van der Waals surface area contributed by atoms with E-state index in [-0.39, 0.29) is 24.0 Å². The molecule has 0 spiro atoms. The minimum absolute atomic E-state index is 0.0121. The quantitative estimate of drug-likeness (QED) is 0.783. The van der Waals surface area contributed by atoms with Gasteiger partial charge in [-0.25, -0.2) is 8.42 Å². The minimum atomic E-state index is -3.08. The first-order valence-electron chi connectivity index (χ1n) is 5.65. The average molecular weight is 336 g/mol. The van der Waals surface area contributed by atoms with Crippen molar-refractivity contribution in [3.05, 3.63) is 22.6 Å². The largest absolute Gasteiger partial charge is 0.458 e. The normalized spacial score (nSPS) is 23.7. The maximum atomic E-state index is 12.2. The number of carbonyl (C=O) groups is 1. The predicted molar refractivity (Wildman–Crippen MR) is 70.2 cm³/mol. The minimum Gasteiger partial charge on any atom is -0.458 e. The van der Waals surface area contributed by atoms with Crippen LogP contribution in [-0.4, -0.2) is 43.3 Å². The van der Waals surface area contributed by atoms with E-state index in [9.17, 15) is 13.2 Å². The van der Waals surface area contributed by atoms with Crippen LogP contribution in [0.3, 0.4) is 0 Å². The second-order valence-corrected chi connectivity index (χ2v) is 7.75. The molecule has 1 aliphatic rings. The van der Waals surface area contributed by atoms with Crippen LogP contribution in [-0.2, 0) is 9.84 Å². The molecule has 0 aliphatic carbocycles. The first-order chi connectivity index (χ1) is 8.42. The summed E-state index contributed by atoms with van der Waals surface area (Å²) in [5.41, 5.74) is 0. The monoisotopic (exact) mass is 335 g/mol. The summed E-state index contributed by atoms with van der Waals surface area (Å²) < 4.78 is 29.2. The summed E-state index contributed by atoms with van der Waals surface area (Å²) in [5, 5.41) is -0.393. The molecule has 0 radical (unpaired) electrons. The molecule has 5 nitrogen and oxygen atoms in total. The van der Waals surface area contributed by atoms with Crippen molar-refractivity contribution in [2.75, 3.05) is 18.8 Å². The highest BCUT2D eigenvalue weighted by atomic mass is 79.9. The molecule has 1 fully saturated rings. The van der Waals surface area contributed by atoms with Crippen molar-refractivity contribution in [3.8, 4) is 0 Å². The van der Waals surface area contributed by atoms with E-state index >= 15 is 0 Å². The maximum absolute atomic E-state index is 12.2. The Labute approximate surface area is 114 Å². The van der Waals surface area contributed by atoms with E-state index in [0.717, 1.165) is 0 Å². The second kappa shape index (κ2) is 5.05. The number of hydrogen-bond acceptors (Lipinski definition) is 4. The molecule has 0 saturated carbocycles. The molecule has 0 unspecified atom stereocenters. The summed E-state index contributed by atoms with van der Waals surface area (Å²) in [5.74, 6) is -0.0313. The molecule has 1 saturated heterocycles. The Bertz CT molecular complexity index is 551. The topological polar surface area (TPSA) is 67.6 Å². The zero-order valence-electron chi connectivity index (χ0n) is 9.93. The lowest BCUT2D eigenvalue weighted by molar-refractivity contribution is 0.0734. The highest BCUT2D eigenvalue weighted by Gasteiger charge is 2.30. The molecule has 0 aromatic carbocycles. The van der Waals surface area contributed by atoms with Crippen molar-refractivity contribution in [1.29, 1.82) is 0 Å². The van der Waals surface area contributed by atoms with E-state index in [1.54, 1.807) is 13.0 Å². The van der Waals surface area contributed by atoms with Crippen LogP contribution in [0.25, 0.3) is 0 Å². The fourth-order valence-electron chi connectivity index (χ4n) is 1.86. The predicted octanol–water partition coefficient (Wildman–Crippen LogP) is 1.69. The van der Waals surface area contributed by atoms with E-state index in [1.807, 2.05) is 0 Å². The van der Waals surface area contributed by atoms with Crippen LogP contribution in [0.4, 0.5) is 0 Å². The molecule has 1 aromatic rings. The number of halogens is 1. The van der Waals surface area contributed by atoms with Gasteiger partial charge in [0.15, 0.2) is 9.84 Å². The number of nitrogens with zero attached hydrogens (tertiary/aromatic N) is 1. The molecule has 18 heavy (non-hydrogen) atoms. The van der Waals surface area contributed by atoms with Gasteiger partial charge in [-0.15, -0.1) is 0 Å². The van der Waals surface area contributed by atoms with Crippen molar-refractivity contribution < 1.29 is 17.6 Å². The lowest BCUT2D eigenvalue weighted by Gasteiger charge is -2.18. The SMILES string of the molecule is C[C@@H]1CCN(C(=O)c2occc2Br)CCS1(=O)=O. The Kier molecular flexibility index (Phi) is 3.82. The number of sulfone groups is 1. The third-order valence-corrected chi connectivity index (χ3v) is 6.00. The number of rotatable bonds is 1. The zero-order chi connectivity index (χ0) is 13.3. The van der Waals surface area contributed by atoms with Gasteiger partial charge in [-0.3, -0.25) is 4.79 Å². The maximum Gasteiger partial charge on any atom is 0.290 e. The molecule has 2 heterocycles. The van der Waals surface area contributed by atoms with E-state index in [1.165, 1.54) is 11.2 Å². The number of amides is 1. The van der Waals surface area contributed by atoms with Crippen molar-refractivity contribution in [1.82, 2.24) is 4.90 Å². The van der Waals surface area contributed by atoms with Crippen molar-refractivity contribution in [3.63, 3.8) is 0 Å². The fourth-order valence-corrected chi connectivity index (χ4v) is 3.57. The molecule has 0 bridgehead atoms. The van der Waals surface area contributed by atoms with Crippen LogP contribution in [0, 0.1) is 0 Å². The fraction of sp³-hybridized carbons (Fsp3) is 0.545. The third kappa shape index (κ3) is 2.61. The molecular formula is C11H14BrNO4S. The Morgan fingerprint density at radius 1 is 1.50 bits per heavy atom. The number of carbonyl (C=O) groups excluding carboxylic acids is 1. The number of hydrogen-bond donors (Lipinski definition) is 0. The Morgan fingerprint density at radius 2 is 2.22 bits per heavy atom. The summed E-state index contributed by atoms with van der Waals surface area (Å²) in [6, 6.07) is 1.64. The van der Waals surface area contributed by atoms with Crippen LogP contribution in [0.2, 0.25) is 0 Å². The van der Waals surface area contributed by atoms with Crippen LogP contribution < -0.4 is 0 Å². The summed E-state index contributed by atoms with van der Waals surface area (Å²) in [6.45, 7) is 2.34. The Hall–Kier alpha value is -0.820. The lowest BCUT2D eigenvalue weighted by Crippen LogP contribution is -2.33. The highest BCUT2D eigenvalue weighted by molar-refractivity contribution is 9.10. The van der Waals surface area contributed by atoms with E-state index in [2.05, 4.69) is 15.9 Å². The summed E-state index contributed by atoms with van der Waals surface area (Å²) in [6.07, 6.45) is 1.89. The Balaban J connectivity index is 2.16. The van der Waals surface area contributed by atoms with Crippen LogP contribution >= 0.6 is 15.9 Å². The third-order valence-electron chi connectivity index (χ3n) is 3.16. The summed E-state index contributed by atoms with van der Waals surface area (Å²) >= 11 is 3.23. The van der Waals surface area contributed by atoms with Gasteiger partial charge in [0.25, 0.3) is 5.91 Å². The molecule has 0 N–H and O–H groups in total. The zero-order valence-corrected chi connectivity index (χ0v) is 12.3. The molecule has 7 heteroatoms. The molecule has 1 atom stereocenters.